The van der Waals surface area contributed by atoms with Gasteiger partial charge in [0.2, 0.25) is 5.91 Å². The van der Waals surface area contributed by atoms with E-state index in [4.69, 9.17) is 5.11 Å². The fraction of sp³-hybridized carbons (Fsp3) is 0.909. The van der Waals surface area contributed by atoms with Crippen LogP contribution in [-0.2, 0) is 4.79 Å². The highest BCUT2D eigenvalue weighted by Gasteiger charge is 2.29. The zero-order valence-electron chi connectivity index (χ0n) is 9.36. The average molecular weight is 199 g/mol. The number of carbonyl (C=O) groups is 1. The van der Waals surface area contributed by atoms with Crippen LogP contribution in [-0.4, -0.2) is 34.6 Å². The normalized spacial score (nSPS) is 29.3. The van der Waals surface area contributed by atoms with Crippen molar-refractivity contribution in [2.24, 2.45) is 5.92 Å². The number of aliphatic hydroxyl groups excluding tert-OH is 1. The summed E-state index contributed by atoms with van der Waals surface area (Å²) in [7, 11) is 0. The first-order valence-electron chi connectivity index (χ1n) is 5.48. The summed E-state index contributed by atoms with van der Waals surface area (Å²) in [5.74, 6) is 0.822. The second-order valence-corrected chi connectivity index (χ2v) is 4.62. The lowest BCUT2D eigenvalue weighted by atomic mass is 10.1. The Hall–Kier alpha value is -0.570. The molecule has 0 radical (unpaired) electrons. The van der Waals surface area contributed by atoms with Gasteiger partial charge in [-0.25, -0.2) is 0 Å². The van der Waals surface area contributed by atoms with Crippen LogP contribution >= 0.6 is 0 Å². The van der Waals surface area contributed by atoms with Gasteiger partial charge in [0.1, 0.15) is 0 Å². The van der Waals surface area contributed by atoms with Crippen LogP contribution in [0.1, 0.15) is 40.0 Å². The number of hydrogen-bond acceptors (Lipinski definition) is 2. The van der Waals surface area contributed by atoms with E-state index in [0.29, 0.717) is 24.8 Å². The van der Waals surface area contributed by atoms with E-state index in [1.165, 1.54) is 0 Å². The molecule has 0 spiro atoms. The highest BCUT2D eigenvalue weighted by Crippen LogP contribution is 2.23. The maximum atomic E-state index is 11.7. The Morgan fingerprint density at radius 3 is 2.64 bits per heavy atom. The number of aliphatic hydroxyl groups is 1. The summed E-state index contributed by atoms with van der Waals surface area (Å²) in [6, 6.07) is 0.381. The van der Waals surface area contributed by atoms with E-state index in [-0.39, 0.29) is 12.0 Å². The number of nitrogens with zero attached hydrogens (tertiary/aromatic N) is 1. The molecule has 1 amide bonds. The highest BCUT2D eigenvalue weighted by molar-refractivity contribution is 5.76. The first-order chi connectivity index (χ1) is 6.50. The van der Waals surface area contributed by atoms with Crippen LogP contribution in [0.2, 0.25) is 0 Å². The maximum absolute atomic E-state index is 11.7. The monoisotopic (exact) mass is 199 g/mol. The van der Waals surface area contributed by atoms with Gasteiger partial charge in [0.05, 0.1) is 6.10 Å². The zero-order chi connectivity index (χ0) is 10.7. The van der Waals surface area contributed by atoms with Gasteiger partial charge in [-0.1, -0.05) is 6.92 Å². The molecular weight excluding hydrogens is 178 g/mol. The van der Waals surface area contributed by atoms with Crippen LogP contribution in [0.5, 0.6) is 0 Å². The van der Waals surface area contributed by atoms with Crippen LogP contribution in [0.15, 0.2) is 0 Å². The van der Waals surface area contributed by atoms with Gasteiger partial charge in [0.25, 0.3) is 0 Å². The van der Waals surface area contributed by atoms with Crippen molar-refractivity contribution >= 4 is 5.91 Å². The molecular formula is C11H21NO2. The lowest BCUT2D eigenvalue weighted by Gasteiger charge is -2.21. The quantitative estimate of drug-likeness (QED) is 0.746. The third-order valence-corrected chi connectivity index (χ3v) is 2.88. The van der Waals surface area contributed by atoms with Crippen LogP contribution in [0.25, 0.3) is 0 Å². The molecule has 82 valence electrons. The molecule has 1 saturated heterocycles. The molecule has 0 saturated carbocycles. The van der Waals surface area contributed by atoms with Gasteiger partial charge < -0.3 is 10.0 Å². The number of hydrogen-bond donors (Lipinski definition) is 1. The van der Waals surface area contributed by atoms with Crippen molar-refractivity contribution in [3.63, 3.8) is 0 Å². The Morgan fingerprint density at radius 2 is 2.21 bits per heavy atom. The van der Waals surface area contributed by atoms with Gasteiger partial charge in [0, 0.05) is 19.0 Å². The Balaban J connectivity index is 2.37. The number of rotatable bonds is 3. The van der Waals surface area contributed by atoms with Gasteiger partial charge >= 0.3 is 0 Å². The molecule has 1 aliphatic rings. The van der Waals surface area contributed by atoms with Crippen molar-refractivity contribution in [1.82, 2.24) is 4.90 Å². The molecule has 14 heavy (non-hydrogen) atoms. The minimum atomic E-state index is -0.366. The molecule has 1 heterocycles. The van der Waals surface area contributed by atoms with E-state index in [2.05, 4.69) is 13.8 Å². The molecule has 0 aromatic carbocycles. The van der Waals surface area contributed by atoms with Crippen LogP contribution in [0, 0.1) is 5.92 Å². The van der Waals surface area contributed by atoms with E-state index in [9.17, 15) is 4.79 Å². The Labute approximate surface area is 86.1 Å². The van der Waals surface area contributed by atoms with Crippen molar-refractivity contribution in [3.05, 3.63) is 0 Å². The molecule has 1 fully saturated rings. The smallest absolute Gasteiger partial charge is 0.222 e. The van der Waals surface area contributed by atoms with Gasteiger partial charge in [-0.15, -0.1) is 0 Å². The van der Waals surface area contributed by atoms with E-state index >= 15 is 0 Å². The predicted molar refractivity (Wildman–Crippen MR) is 55.9 cm³/mol. The molecule has 3 unspecified atom stereocenters. The number of carbonyl (C=O) groups excluding carboxylic acids is 1. The molecule has 3 heteroatoms. The maximum Gasteiger partial charge on any atom is 0.222 e. The SMILES string of the molecule is CC(O)CCC(=O)N1CC(C)CC1C. The second kappa shape index (κ2) is 4.78. The lowest BCUT2D eigenvalue weighted by molar-refractivity contribution is -0.132. The Bertz CT molecular complexity index is 203. The molecule has 3 nitrogen and oxygen atoms in total. The van der Waals surface area contributed by atoms with Gasteiger partial charge in [-0.2, -0.15) is 0 Å². The largest absolute Gasteiger partial charge is 0.393 e. The topological polar surface area (TPSA) is 40.5 Å². The van der Waals surface area contributed by atoms with E-state index < -0.39 is 0 Å². The standard InChI is InChI=1S/C11H21NO2/c1-8-6-9(2)12(7-8)11(14)5-4-10(3)13/h8-10,13H,4-7H2,1-3H3. The highest BCUT2D eigenvalue weighted by atomic mass is 16.3. The summed E-state index contributed by atoms with van der Waals surface area (Å²) in [6.45, 7) is 6.89. The van der Waals surface area contributed by atoms with Crippen LogP contribution < -0.4 is 0 Å². The van der Waals surface area contributed by atoms with Crippen LogP contribution in [0.4, 0.5) is 0 Å². The van der Waals surface area contributed by atoms with Crippen molar-refractivity contribution in [2.75, 3.05) is 6.54 Å². The van der Waals surface area contributed by atoms with Crippen molar-refractivity contribution in [2.45, 2.75) is 52.2 Å². The van der Waals surface area contributed by atoms with Crippen molar-refractivity contribution in [1.29, 1.82) is 0 Å². The third kappa shape index (κ3) is 2.98. The summed E-state index contributed by atoms with van der Waals surface area (Å²) in [5.41, 5.74) is 0. The molecule has 0 aromatic heterocycles. The fourth-order valence-corrected chi connectivity index (χ4v) is 2.12. The summed E-state index contributed by atoms with van der Waals surface area (Å²) in [6.07, 6.45) is 1.81. The molecule has 0 aliphatic carbocycles. The number of likely N-dealkylation sites (tertiary alicyclic amines) is 1. The first-order valence-corrected chi connectivity index (χ1v) is 5.48. The molecule has 1 N–H and O–H groups in total. The summed E-state index contributed by atoms with van der Waals surface area (Å²) in [5, 5.41) is 9.09. The van der Waals surface area contributed by atoms with E-state index in [1.54, 1.807) is 6.92 Å². The summed E-state index contributed by atoms with van der Waals surface area (Å²) < 4.78 is 0. The lowest BCUT2D eigenvalue weighted by Crippen LogP contribution is -2.34. The Morgan fingerprint density at radius 1 is 1.57 bits per heavy atom. The van der Waals surface area contributed by atoms with E-state index in [0.717, 1.165) is 13.0 Å². The predicted octanol–water partition coefficient (Wildman–Crippen LogP) is 1.40. The first kappa shape index (κ1) is 11.5. The Kier molecular flexibility index (Phi) is 3.93. The van der Waals surface area contributed by atoms with Crippen LogP contribution in [0.3, 0.4) is 0 Å². The fourth-order valence-electron chi connectivity index (χ4n) is 2.12. The van der Waals surface area contributed by atoms with E-state index in [1.807, 2.05) is 4.90 Å². The van der Waals surface area contributed by atoms with Crippen molar-refractivity contribution in [3.8, 4) is 0 Å². The molecule has 3 atom stereocenters. The minimum Gasteiger partial charge on any atom is -0.393 e. The summed E-state index contributed by atoms with van der Waals surface area (Å²) >= 11 is 0. The van der Waals surface area contributed by atoms with Gasteiger partial charge in [0.15, 0.2) is 0 Å². The van der Waals surface area contributed by atoms with Gasteiger partial charge in [-0.05, 0) is 32.6 Å². The third-order valence-electron chi connectivity index (χ3n) is 2.88. The molecule has 0 bridgehead atoms. The summed E-state index contributed by atoms with van der Waals surface area (Å²) in [4.78, 5) is 13.7. The molecule has 1 rings (SSSR count). The second-order valence-electron chi connectivity index (χ2n) is 4.62. The van der Waals surface area contributed by atoms with Gasteiger partial charge in [-0.3, -0.25) is 4.79 Å². The van der Waals surface area contributed by atoms with Crippen molar-refractivity contribution < 1.29 is 9.90 Å². The molecule has 1 aliphatic heterocycles. The zero-order valence-corrected chi connectivity index (χ0v) is 9.36. The molecule has 0 aromatic rings. The average Bonchev–Trinajstić information content (AvgIpc) is 2.41. The minimum absolute atomic E-state index is 0.197. The number of amides is 1.